The summed E-state index contributed by atoms with van der Waals surface area (Å²) in [6.07, 6.45) is 4.19. The summed E-state index contributed by atoms with van der Waals surface area (Å²) >= 11 is 0. The molecule has 162 valence electrons. The summed E-state index contributed by atoms with van der Waals surface area (Å²) in [5.74, 6) is 0.521. The molecule has 4 heterocycles. The minimum absolute atomic E-state index is 0.0914. The lowest BCUT2D eigenvalue weighted by molar-refractivity contribution is -0.136. The van der Waals surface area contributed by atoms with Crippen molar-refractivity contribution in [3.8, 4) is 0 Å². The fourth-order valence-electron chi connectivity index (χ4n) is 5.01. The largest absolute Gasteiger partial charge is 0.377 e. The van der Waals surface area contributed by atoms with Crippen molar-refractivity contribution in [2.45, 2.75) is 42.7 Å². The number of ether oxygens (including phenoxy) is 1. The lowest BCUT2D eigenvalue weighted by atomic mass is 10.1. The number of likely N-dealkylation sites (tertiary alicyclic amines) is 1. The van der Waals surface area contributed by atoms with Gasteiger partial charge in [-0.3, -0.25) is 9.69 Å². The van der Waals surface area contributed by atoms with Crippen LogP contribution in [0.15, 0.2) is 33.6 Å². The van der Waals surface area contributed by atoms with Crippen LogP contribution >= 0.6 is 0 Å². The predicted molar refractivity (Wildman–Crippen MR) is 112 cm³/mol. The molecule has 4 aliphatic heterocycles. The molecule has 0 aromatic heterocycles. The molecule has 0 aliphatic carbocycles. The average Bonchev–Trinajstić information content (AvgIpc) is 3.48. The molecule has 4 aliphatic rings. The Morgan fingerprint density at radius 1 is 1.07 bits per heavy atom. The van der Waals surface area contributed by atoms with E-state index in [0.29, 0.717) is 37.1 Å². The number of amides is 1. The topological polar surface area (TPSA) is 82.5 Å². The number of hydrogen-bond donors (Lipinski definition) is 0. The molecule has 0 spiro atoms. The van der Waals surface area contributed by atoms with Gasteiger partial charge in [-0.2, -0.15) is 8.42 Å². The summed E-state index contributed by atoms with van der Waals surface area (Å²) < 4.78 is 34.7. The number of hydrogen-bond acceptors (Lipinski definition) is 6. The first-order valence-electron chi connectivity index (χ1n) is 10.9. The van der Waals surface area contributed by atoms with Crippen LogP contribution < -0.4 is 0 Å². The molecule has 3 fully saturated rings. The molecule has 30 heavy (non-hydrogen) atoms. The summed E-state index contributed by atoms with van der Waals surface area (Å²) in [5, 5.41) is 0. The van der Waals surface area contributed by atoms with Crippen LogP contribution in [-0.2, 0) is 19.6 Å². The normalized spacial score (nSPS) is 28.6. The third-order valence-electron chi connectivity index (χ3n) is 6.59. The molecule has 0 bridgehead atoms. The first-order chi connectivity index (χ1) is 14.5. The average molecular weight is 433 g/mol. The molecule has 8 nitrogen and oxygen atoms in total. The van der Waals surface area contributed by atoms with Gasteiger partial charge in [-0.1, -0.05) is 12.1 Å². The number of carbonyl (C=O) groups excluding carboxylic acids is 1. The number of fused-ring (bicyclic) bond motifs is 1. The fourth-order valence-corrected chi connectivity index (χ4v) is 6.23. The molecule has 5 rings (SSSR count). The number of carbonyl (C=O) groups is 1. The minimum atomic E-state index is -3.68. The van der Waals surface area contributed by atoms with Gasteiger partial charge in [0, 0.05) is 51.4 Å². The Balaban J connectivity index is 1.26. The zero-order chi connectivity index (χ0) is 20.7. The van der Waals surface area contributed by atoms with Gasteiger partial charge in [-0.05, 0) is 37.8 Å². The number of amidine groups is 1. The van der Waals surface area contributed by atoms with E-state index in [4.69, 9.17) is 4.74 Å². The van der Waals surface area contributed by atoms with E-state index < -0.39 is 10.0 Å². The van der Waals surface area contributed by atoms with Gasteiger partial charge in [0.05, 0.1) is 6.10 Å². The second-order valence-corrected chi connectivity index (χ2v) is 10.1. The summed E-state index contributed by atoms with van der Waals surface area (Å²) in [7, 11) is -3.68. The van der Waals surface area contributed by atoms with E-state index in [1.165, 1.54) is 0 Å². The Bertz CT molecular complexity index is 950. The Kier molecular flexibility index (Phi) is 5.28. The van der Waals surface area contributed by atoms with Crippen LogP contribution in [0.25, 0.3) is 0 Å². The molecule has 1 aromatic carbocycles. The van der Waals surface area contributed by atoms with Gasteiger partial charge in [-0.15, -0.1) is 4.40 Å². The molecule has 0 radical (unpaired) electrons. The van der Waals surface area contributed by atoms with Crippen LogP contribution in [0.5, 0.6) is 0 Å². The van der Waals surface area contributed by atoms with Gasteiger partial charge in [0.25, 0.3) is 10.0 Å². The first kappa shape index (κ1) is 20.0. The van der Waals surface area contributed by atoms with Gasteiger partial charge in [0.15, 0.2) is 5.84 Å². The highest BCUT2D eigenvalue weighted by molar-refractivity contribution is 7.90. The summed E-state index contributed by atoms with van der Waals surface area (Å²) in [5.41, 5.74) is 0.610. The van der Waals surface area contributed by atoms with Gasteiger partial charge in [0.2, 0.25) is 5.91 Å². The minimum Gasteiger partial charge on any atom is -0.377 e. The molecule has 3 saturated heterocycles. The van der Waals surface area contributed by atoms with Gasteiger partial charge < -0.3 is 14.5 Å². The van der Waals surface area contributed by atoms with Crippen LogP contribution in [0, 0.1) is 0 Å². The van der Waals surface area contributed by atoms with E-state index in [1.54, 1.807) is 18.2 Å². The Morgan fingerprint density at radius 2 is 1.87 bits per heavy atom. The number of nitrogens with zero attached hydrogens (tertiary/aromatic N) is 4. The van der Waals surface area contributed by atoms with Crippen LogP contribution in [0.3, 0.4) is 0 Å². The molecule has 9 heteroatoms. The fraction of sp³-hybridized carbons (Fsp3) is 0.619. The van der Waals surface area contributed by atoms with E-state index in [2.05, 4.69) is 9.30 Å². The van der Waals surface area contributed by atoms with Crippen LogP contribution in [0.2, 0.25) is 0 Å². The van der Waals surface area contributed by atoms with Crippen LogP contribution in [0.1, 0.15) is 31.2 Å². The number of benzene rings is 1. The highest BCUT2D eigenvalue weighted by Crippen LogP contribution is 2.31. The molecular weight excluding hydrogens is 404 g/mol. The monoisotopic (exact) mass is 432 g/mol. The van der Waals surface area contributed by atoms with Crippen molar-refractivity contribution in [1.29, 1.82) is 0 Å². The zero-order valence-corrected chi connectivity index (χ0v) is 17.9. The highest BCUT2D eigenvalue weighted by atomic mass is 32.2. The van der Waals surface area contributed by atoms with Gasteiger partial charge in [-0.25, -0.2) is 0 Å². The molecule has 1 aromatic rings. The highest BCUT2D eigenvalue weighted by Gasteiger charge is 2.41. The zero-order valence-electron chi connectivity index (χ0n) is 17.1. The lowest BCUT2D eigenvalue weighted by Crippen LogP contribution is -2.55. The maximum absolute atomic E-state index is 13.3. The quantitative estimate of drug-likeness (QED) is 0.707. The third-order valence-corrected chi connectivity index (χ3v) is 7.92. The predicted octanol–water partition coefficient (Wildman–Crippen LogP) is 0.923. The Labute approximate surface area is 177 Å². The van der Waals surface area contributed by atoms with Crippen molar-refractivity contribution >= 4 is 21.8 Å². The van der Waals surface area contributed by atoms with Crippen molar-refractivity contribution in [3.63, 3.8) is 0 Å². The van der Waals surface area contributed by atoms with Crippen molar-refractivity contribution in [2.75, 3.05) is 45.9 Å². The molecular formula is C21H28N4O4S. The lowest BCUT2D eigenvalue weighted by Gasteiger charge is -2.38. The van der Waals surface area contributed by atoms with E-state index in [-0.39, 0.29) is 16.8 Å². The van der Waals surface area contributed by atoms with Crippen molar-refractivity contribution in [1.82, 2.24) is 14.7 Å². The van der Waals surface area contributed by atoms with E-state index >= 15 is 0 Å². The number of piperazine rings is 1. The summed E-state index contributed by atoms with van der Waals surface area (Å²) in [6, 6.07) is 6.55. The molecule has 1 amide bonds. The summed E-state index contributed by atoms with van der Waals surface area (Å²) in [4.78, 5) is 19.8. The van der Waals surface area contributed by atoms with E-state index in [0.717, 1.165) is 51.9 Å². The molecule has 0 N–H and O–H groups in total. The molecule has 1 unspecified atom stereocenters. The molecule has 2 atom stereocenters. The number of rotatable bonds is 3. The Morgan fingerprint density at radius 3 is 2.63 bits per heavy atom. The number of sulfonamides is 1. The second kappa shape index (κ2) is 7.94. The standard InChI is InChI=1S/C21H28N4O4S/c26-21(24-12-10-23(11-13-24)15-16-5-4-14-29-16)18-7-3-9-25(18)20-17-6-1-2-8-19(17)30(27,28)22-20/h1-2,6,8,16,18H,3-5,7,9-15H2/t16?,18-/m0/s1. The van der Waals surface area contributed by atoms with E-state index in [1.807, 2.05) is 15.9 Å². The second-order valence-electron chi connectivity index (χ2n) is 8.50. The van der Waals surface area contributed by atoms with Crippen molar-refractivity contribution < 1.29 is 17.9 Å². The maximum Gasteiger partial charge on any atom is 0.285 e. The molecule has 0 saturated carbocycles. The van der Waals surface area contributed by atoms with Crippen molar-refractivity contribution in [2.24, 2.45) is 4.40 Å². The maximum atomic E-state index is 13.3. The van der Waals surface area contributed by atoms with Crippen LogP contribution in [-0.4, -0.2) is 92.9 Å². The SMILES string of the molecule is O=C([C@@H]1CCCN1C1=NS(=O)(=O)c2ccccc21)N1CCN(CC2CCCO2)CC1. The summed E-state index contributed by atoms with van der Waals surface area (Å²) in [6.45, 7) is 5.59. The third kappa shape index (κ3) is 3.63. The Hall–Kier alpha value is -1.97. The first-order valence-corrected chi connectivity index (χ1v) is 12.3. The van der Waals surface area contributed by atoms with Gasteiger partial charge >= 0.3 is 0 Å². The van der Waals surface area contributed by atoms with E-state index in [9.17, 15) is 13.2 Å². The van der Waals surface area contributed by atoms with Gasteiger partial charge in [0.1, 0.15) is 10.9 Å². The van der Waals surface area contributed by atoms with Crippen LogP contribution in [0.4, 0.5) is 0 Å². The smallest absolute Gasteiger partial charge is 0.285 e. The van der Waals surface area contributed by atoms with Crippen molar-refractivity contribution in [3.05, 3.63) is 29.8 Å².